The van der Waals surface area contributed by atoms with Gasteiger partial charge in [-0.25, -0.2) is 0 Å². The Bertz CT molecular complexity index is 302. The molecule has 0 aliphatic heterocycles. The summed E-state index contributed by atoms with van der Waals surface area (Å²) >= 11 is 0. The van der Waals surface area contributed by atoms with Gasteiger partial charge < -0.3 is 14.3 Å². The first-order chi connectivity index (χ1) is 10.6. The van der Waals surface area contributed by atoms with Crippen molar-refractivity contribution in [3.63, 3.8) is 0 Å². The third-order valence-electron chi connectivity index (χ3n) is 4.50. The maximum Gasteiger partial charge on any atom is 0.120 e. The van der Waals surface area contributed by atoms with Crippen molar-refractivity contribution in [2.24, 2.45) is 11.8 Å². The molecule has 0 saturated carbocycles. The molecule has 2 unspecified atom stereocenters. The minimum Gasteiger partial charge on any atom is -0.370 e. The van der Waals surface area contributed by atoms with E-state index in [-0.39, 0.29) is 11.2 Å². The van der Waals surface area contributed by atoms with Gasteiger partial charge >= 0.3 is 0 Å². The molecule has 0 N–H and O–H groups in total. The number of hydrogen-bond donors (Lipinski definition) is 0. The van der Waals surface area contributed by atoms with Crippen molar-refractivity contribution in [1.82, 2.24) is 0 Å². The quantitative estimate of drug-likeness (QED) is 0.404. The van der Waals surface area contributed by atoms with Gasteiger partial charge in [-0.1, -0.05) is 39.5 Å². The molecule has 23 heavy (non-hydrogen) atoms. The highest BCUT2D eigenvalue weighted by molar-refractivity contribution is 5.49. The van der Waals surface area contributed by atoms with E-state index in [0.29, 0.717) is 24.7 Å². The molecule has 0 radical (unpaired) electrons. The van der Waals surface area contributed by atoms with Crippen LogP contribution in [0.15, 0.2) is 0 Å². The fourth-order valence-electron chi connectivity index (χ4n) is 3.17. The third kappa shape index (κ3) is 12.4. The summed E-state index contributed by atoms with van der Waals surface area (Å²) in [5.41, 5.74) is -0.280. The second-order valence-corrected chi connectivity index (χ2v) is 8.42. The minimum atomic E-state index is -0.140. The Morgan fingerprint density at radius 1 is 0.783 bits per heavy atom. The first-order valence-corrected chi connectivity index (χ1v) is 9.19. The van der Waals surface area contributed by atoms with Crippen LogP contribution in [-0.2, 0) is 14.3 Å². The molecule has 0 saturated heterocycles. The van der Waals surface area contributed by atoms with Crippen molar-refractivity contribution in [2.75, 3.05) is 0 Å². The summed E-state index contributed by atoms with van der Waals surface area (Å²) in [5.74, 6) is 0.936. The lowest BCUT2D eigenvalue weighted by Crippen LogP contribution is -2.37. The Labute approximate surface area is 143 Å². The van der Waals surface area contributed by atoms with Gasteiger partial charge in [0.1, 0.15) is 12.6 Å². The monoisotopic (exact) mass is 326 g/mol. The molecule has 0 aromatic heterocycles. The van der Waals surface area contributed by atoms with E-state index in [1.807, 2.05) is 0 Å². The van der Waals surface area contributed by atoms with Crippen molar-refractivity contribution in [1.29, 1.82) is 0 Å². The lowest BCUT2D eigenvalue weighted by molar-refractivity contribution is -0.130. The van der Waals surface area contributed by atoms with Gasteiger partial charge in [0.2, 0.25) is 0 Å². The largest absolute Gasteiger partial charge is 0.370 e. The van der Waals surface area contributed by atoms with Crippen molar-refractivity contribution in [3.8, 4) is 0 Å². The zero-order valence-electron chi connectivity index (χ0n) is 16.2. The Hall–Kier alpha value is -0.700. The molecular weight excluding hydrogens is 288 g/mol. The van der Waals surface area contributed by atoms with E-state index in [9.17, 15) is 9.59 Å². The number of carbonyl (C=O) groups excluding carboxylic acids is 2. The predicted octanol–water partition coefficient (Wildman–Crippen LogP) is 5.35. The fraction of sp³-hybridized carbons (Fsp3) is 0.900. The zero-order valence-corrected chi connectivity index (χ0v) is 16.2. The lowest BCUT2D eigenvalue weighted by atomic mass is 9.92. The maximum atomic E-state index is 10.5. The van der Waals surface area contributed by atoms with Crippen LogP contribution in [0.25, 0.3) is 0 Å². The Balaban J connectivity index is 4.13. The molecule has 0 aromatic rings. The molecule has 0 rings (SSSR count). The van der Waals surface area contributed by atoms with Crippen LogP contribution >= 0.6 is 0 Å². The van der Waals surface area contributed by atoms with Gasteiger partial charge in [-0.3, -0.25) is 0 Å². The van der Waals surface area contributed by atoms with E-state index in [0.717, 1.165) is 51.1 Å². The van der Waals surface area contributed by atoms with Crippen LogP contribution in [0.3, 0.4) is 0 Å². The Morgan fingerprint density at radius 3 is 1.43 bits per heavy atom. The Morgan fingerprint density at radius 2 is 1.13 bits per heavy atom. The van der Waals surface area contributed by atoms with Crippen LogP contribution in [0.1, 0.15) is 92.9 Å². The highest BCUT2D eigenvalue weighted by Gasteiger charge is 2.28. The number of carbonyl (C=O) groups is 2. The van der Waals surface area contributed by atoms with Gasteiger partial charge in [-0.15, -0.1) is 0 Å². The normalized spacial score (nSPS) is 15.2. The highest BCUT2D eigenvalue weighted by Crippen LogP contribution is 2.30. The topological polar surface area (TPSA) is 43.4 Å². The predicted molar refractivity (Wildman–Crippen MR) is 96.6 cm³/mol. The molecular formula is C20H38O3. The van der Waals surface area contributed by atoms with E-state index in [4.69, 9.17) is 4.74 Å². The molecule has 0 spiro atoms. The summed E-state index contributed by atoms with van der Waals surface area (Å²) in [4.78, 5) is 21.0. The van der Waals surface area contributed by atoms with Gasteiger partial charge in [0.15, 0.2) is 0 Å². The van der Waals surface area contributed by atoms with Crippen molar-refractivity contribution in [3.05, 3.63) is 0 Å². The van der Waals surface area contributed by atoms with E-state index >= 15 is 0 Å². The van der Waals surface area contributed by atoms with Crippen molar-refractivity contribution >= 4 is 12.6 Å². The van der Waals surface area contributed by atoms with Crippen LogP contribution in [0.5, 0.6) is 0 Å². The molecule has 0 amide bonds. The number of hydrogen-bond acceptors (Lipinski definition) is 3. The molecule has 2 atom stereocenters. The summed E-state index contributed by atoms with van der Waals surface area (Å²) in [7, 11) is 0. The van der Waals surface area contributed by atoms with E-state index in [2.05, 4.69) is 41.5 Å². The molecule has 0 aliphatic carbocycles. The van der Waals surface area contributed by atoms with Gasteiger partial charge in [0, 0.05) is 12.8 Å². The van der Waals surface area contributed by atoms with Gasteiger partial charge in [0.05, 0.1) is 11.2 Å². The van der Waals surface area contributed by atoms with E-state index in [1.54, 1.807) is 0 Å². The van der Waals surface area contributed by atoms with Gasteiger partial charge in [0.25, 0.3) is 0 Å². The first kappa shape index (κ1) is 22.3. The van der Waals surface area contributed by atoms with Crippen LogP contribution in [0, 0.1) is 11.8 Å². The number of ether oxygens (including phenoxy) is 1. The first-order valence-electron chi connectivity index (χ1n) is 9.19. The van der Waals surface area contributed by atoms with Crippen LogP contribution in [-0.4, -0.2) is 23.8 Å². The molecule has 0 aromatic carbocycles. The Kier molecular flexibility index (Phi) is 10.6. The molecule has 0 aliphatic rings. The molecule has 0 fully saturated rings. The third-order valence-corrected chi connectivity index (χ3v) is 4.50. The summed E-state index contributed by atoms with van der Waals surface area (Å²) in [6.45, 7) is 12.9. The summed E-state index contributed by atoms with van der Waals surface area (Å²) in [5, 5.41) is 0. The zero-order chi connectivity index (χ0) is 17.9. The fourth-order valence-corrected chi connectivity index (χ4v) is 3.17. The van der Waals surface area contributed by atoms with E-state index in [1.165, 1.54) is 0 Å². The second kappa shape index (κ2) is 11.0. The van der Waals surface area contributed by atoms with Crippen molar-refractivity contribution in [2.45, 2.75) is 104 Å². The average Bonchev–Trinajstić information content (AvgIpc) is 2.37. The minimum absolute atomic E-state index is 0.140. The van der Waals surface area contributed by atoms with Crippen LogP contribution in [0.2, 0.25) is 0 Å². The molecule has 0 bridgehead atoms. The van der Waals surface area contributed by atoms with E-state index < -0.39 is 0 Å². The average molecular weight is 327 g/mol. The molecule has 3 nitrogen and oxygen atoms in total. The van der Waals surface area contributed by atoms with Crippen LogP contribution < -0.4 is 0 Å². The highest BCUT2D eigenvalue weighted by atomic mass is 16.5. The summed E-state index contributed by atoms with van der Waals surface area (Å²) in [6.07, 6.45) is 9.72. The molecule has 136 valence electrons. The standard InChI is InChI=1S/C20H38O3/c1-17(11-15-21)9-7-13-19(3,4)23-20(5,6)14-8-10-18(2)12-16-22/h15-18H,7-14H2,1-6H3. The SMILES string of the molecule is CC(CC=O)CCCC(C)(C)OC(C)(C)CCCC(C)CC=O. The van der Waals surface area contributed by atoms with Crippen molar-refractivity contribution < 1.29 is 14.3 Å². The smallest absolute Gasteiger partial charge is 0.120 e. The van der Waals surface area contributed by atoms with Gasteiger partial charge in [-0.2, -0.15) is 0 Å². The second-order valence-electron chi connectivity index (χ2n) is 8.42. The summed E-state index contributed by atoms with van der Waals surface area (Å²) in [6, 6.07) is 0. The number of rotatable bonds is 14. The van der Waals surface area contributed by atoms with Gasteiger partial charge in [-0.05, 0) is 52.4 Å². The maximum absolute atomic E-state index is 10.5. The lowest BCUT2D eigenvalue weighted by Gasteiger charge is -2.37. The van der Waals surface area contributed by atoms with Crippen LogP contribution in [0.4, 0.5) is 0 Å². The molecule has 0 heterocycles. The summed E-state index contributed by atoms with van der Waals surface area (Å²) < 4.78 is 6.37. The molecule has 3 heteroatoms. The number of aldehydes is 2.